The standard InChI is InChI=1S/C30H45N7O5/c1-30(2,3)42-29(41)32-21-15-19-36(20-16-21)18-9-7-5-4-6-8-17-31-22-11-10-12-23-26(22)28(40)37(35-34-23)24-13-14-25(38)33-27(24)39/h10-12,21,24,31H,4-9,13-20H2,1-3H3,(H,32,41)(H,33,38,39). The lowest BCUT2D eigenvalue weighted by Crippen LogP contribution is -2.46. The zero-order chi connectivity index (χ0) is 30.1. The van der Waals surface area contributed by atoms with Crippen LogP contribution < -0.4 is 21.5 Å². The minimum absolute atomic E-state index is 0.163. The van der Waals surface area contributed by atoms with E-state index in [0.717, 1.165) is 63.0 Å². The van der Waals surface area contributed by atoms with Gasteiger partial charge in [-0.05, 0) is 71.6 Å². The van der Waals surface area contributed by atoms with Gasteiger partial charge in [-0.3, -0.25) is 19.7 Å². The maximum Gasteiger partial charge on any atom is 0.407 e. The number of hydrogen-bond acceptors (Lipinski definition) is 9. The molecule has 2 aliphatic heterocycles. The van der Waals surface area contributed by atoms with E-state index in [9.17, 15) is 19.2 Å². The number of rotatable bonds is 12. The van der Waals surface area contributed by atoms with Gasteiger partial charge in [-0.15, -0.1) is 5.10 Å². The predicted molar refractivity (Wildman–Crippen MR) is 160 cm³/mol. The first kappa shape index (κ1) is 31.4. The van der Waals surface area contributed by atoms with E-state index in [0.29, 0.717) is 16.6 Å². The molecular formula is C30H45N7O5. The van der Waals surface area contributed by atoms with Crippen LogP contribution >= 0.6 is 0 Å². The third-order valence-electron chi connectivity index (χ3n) is 7.74. The fraction of sp³-hybridized carbons (Fsp3) is 0.667. The van der Waals surface area contributed by atoms with Crippen LogP contribution in [0, 0.1) is 0 Å². The fourth-order valence-corrected chi connectivity index (χ4v) is 5.53. The van der Waals surface area contributed by atoms with Gasteiger partial charge in [0, 0.05) is 37.8 Å². The number of anilines is 1. The van der Waals surface area contributed by atoms with Crippen LogP contribution in [0.1, 0.15) is 91.0 Å². The van der Waals surface area contributed by atoms with Crippen molar-refractivity contribution in [2.45, 2.75) is 103 Å². The fourth-order valence-electron chi connectivity index (χ4n) is 5.53. The van der Waals surface area contributed by atoms with Gasteiger partial charge < -0.3 is 20.3 Å². The number of carbonyl (C=O) groups is 3. The second-order valence-electron chi connectivity index (χ2n) is 12.3. The van der Waals surface area contributed by atoms with Crippen LogP contribution in [0.25, 0.3) is 10.9 Å². The Bertz CT molecular complexity index is 1300. The SMILES string of the molecule is CC(C)(C)OC(=O)NC1CCN(CCCCCCCCNc2cccc3nnn(C4CCC(=O)NC4=O)c(=O)c23)CC1. The number of piperidine rings is 2. The van der Waals surface area contributed by atoms with Crippen LogP contribution in [0.15, 0.2) is 23.0 Å². The van der Waals surface area contributed by atoms with Gasteiger partial charge in [-0.1, -0.05) is 37.0 Å². The van der Waals surface area contributed by atoms with E-state index >= 15 is 0 Å². The Hall–Kier alpha value is -3.54. The first-order valence-corrected chi connectivity index (χ1v) is 15.3. The summed E-state index contributed by atoms with van der Waals surface area (Å²) in [5.41, 5.74) is 0.289. The number of nitrogens with zero attached hydrogens (tertiary/aromatic N) is 4. The number of carbonyl (C=O) groups excluding carboxylic acids is 3. The summed E-state index contributed by atoms with van der Waals surface area (Å²) in [4.78, 5) is 51.5. The second-order valence-corrected chi connectivity index (χ2v) is 12.3. The number of benzene rings is 1. The number of imide groups is 1. The number of unbranched alkanes of at least 4 members (excludes halogenated alkanes) is 5. The Morgan fingerprint density at radius 1 is 1.02 bits per heavy atom. The summed E-state index contributed by atoms with van der Waals surface area (Å²) in [7, 11) is 0. The van der Waals surface area contributed by atoms with Gasteiger partial charge >= 0.3 is 6.09 Å². The van der Waals surface area contributed by atoms with Crippen molar-refractivity contribution in [1.29, 1.82) is 0 Å². The molecule has 230 valence electrons. The molecular weight excluding hydrogens is 538 g/mol. The molecule has 2 fully saturated rings. The molecule has 0 spiro atoms. The normalized spacial score (nSPS) is 18.6. The van der Waals surface area contributed by atoms with Crippen molar-refractivity contribution in [2.24, 2.45) is 0 Å². The van der Waals surface area contributed by atoms with Crippen molar-refractivity contribution in [3.05, 3.63) is 28.6 Å². The summed E-state index contributed by atoms with van der Waals surface area (Å²) >= 11 is 0. The molecule has 0 bridgehead atoms. The van der Waals surface area contributed by atoms with Gasteiger partial charge in [-0.2, -0.15) is 4.68 Å². The molecule has 2 aliphatic rings. The molecule has 12 nitrogen and oxygen atoms in total. The minimum atomic E-state index is -0.840. The molecule has 1 atom stereocenters. The van der Waals surface area contributed by atoms with Crippen molar-refractivity contribution >= 4 is 34.5 Å². The highest BCUT2D eigenvalue weighted by Gasteiger charge is 2.30. The summed E-state index contributed by atoms with van der Waals surface area (Å²) in [6, 6.07) is 4.75. The summed E-state index contributed by atoms with van der Waals surface area (Å²) in [5, 5.41) is 17.2. The number of fused-ring (bicyclic) bond motifs is 1. The number of amides is 3. The Balaban J connectivity index is 1.11. The lowest BCUT2D eigenvalue weighted by atomic mass is 10.0. The van der Waals surface area contributed by atoms with Crippen LogP contribution in [-0.4, -0.2) is 75.6 Å². The maximum atomic E-state index is 13.3. The highest BCUT2D eigenvalue weighted by atomic mass is 16.6. The molecule has 1 aromatic heterocycles. The maximum absolute atomic E-state index is 13.3. The van der Waals surface area contributed by atoms with Crippen LogP contribution in [0.2, 0.25) is 0 Å². The van der Waals surface area contributed by atoms with Gasteiger partial charge in [-0.25, -0.2) is 4.79 Å². The first-order chi connectivity index (χ1) is 20.1. The average molecular weight is 584 g/mol. The molecule has 3 heterocycles. The van der Waals surface area contributed by atoms with Gasteiger partial charge in [0.05, 0.1) is 5.39 Å². The number of alkyl carbamates (subject to hydrolysis) is 1. The number of nitrogens with one attached hydrogen (secondary N) is 3. The molecule has 1 aromatic carbocycles. The zero-order valence-corrected chi connectivity index (χ0v) is 25.1. The smallest absolute Gasteiger partial charge is 0.407 e. The lowest BCUT2D eigenvalue weighted by Gasteiger charge is -2.32. The first-order valence-electron chi connectivity index (χ1n) is 15.3. The monoisotopic (exact) mass is 583 g/mol. The highest BCUT2D eigenvalue weighted by molar-refractivity contribution is 5.99. The lowest BCUT2D eigenvalue weighted by molar-refractivity contribution is -0.136. The second kappa shape index (κ2) is 14.6. The summed E-state index contributed by atoms with van der Waals surface area (Å²) in [6.45, 7) is 9.46. The van der Waals surface area contributed by atoms with Gasteiger partial charge in [0.15, 0.2) is 0 Å². The van der Waals surface area contributed by atoms with Crippen LogP contribution in [-0.2, 0) is 14.3 Å². The van der Waals surface area contributed by atoms with Crippen molar-refractivity contribution in [2.75, 3.05) is 31.5 Å². The Morgan fingerprint density at radius 3 is 2.45 bits per heavy atom. The third kappa shape index (κ3) is 8.98. The van der Waals surface area contributed by atoms with Crippen molar-refractivity contribution in [3.63, 3.8) is 0 Å². The molecule has 0 aliphatic carbocycles. The number of likely N-dealkylation sites (tertiary alicyclic amines) is 1. The Kier molecular flexibility index (Phi) is 10.9. The summed E-state index contributed by atoms with van der Waals surface area (Å²) in [6.07, 6.45) is 8.79. The predicted octanol–water partition coefficient (Wildman–Crippen LogP) is 3.51. The molecule has 1 unspecified atom stereocenters. The van der Waals surface area contributed by atoms with Crippen molar-refractivity contribution in [3.8, 4) is 0 Å². The Morgan fingerprint density at radius 2 is 1.74 bits per heavy atom. The summed E-state index contributed by atoms with van der Waals surface area (Å²) in [5.74, 6) is -0.865. The van der Waals surface area contributed by atoms with E-state index in [4.69, 9.17) is 4.74 Å². The molecule has 12 heteroatoms. The number of ether oxygens (including phenoxy) is 1. The van der Waals surface area contributed by atoms with Crippen molar-refractivity contribution < 1.29 is 19.1 Å². The molecule has 0 saturated carbocycles. The number of aromatic nitrogens is 3. The molecule has 2 aromatic rings. The van der Waals surface area contributed by atoms with Gasteiger partial charge in [0.25, 0.3) is 11.5 Å². The highest BCUT2D eigenvalue weighted by Crippen LogP contribution is 2.21. The van der Waals surface area contributed by atoms with Crippen LogP contribution in [0.4, 0.5) is 10.5 Å². The molecule has 42 heavy (non-hydrogen) atoms. The van der Waals surface area contributed by atoms with Gasteiger partial charge in [0.1, 0.15) is 17.2 Å². The van der Waals surface area contributed by atoms with Crippen LogP contribution in [0.5, 0.6) is 0 Å². The third-order valence-corrected chi connectivity index (χ3v) is 7.74. The zero-order valence-electron chi connectivity index (χ0n) is 25.1. The molecule has 2 saturated heterocycles. The average Bonchev–Trinajstić information content (AvgIpc) is 2.92. The Labute approximate surface area is 246 Å². The van der Waals surface area contributed by atoms with Gasteiger partial charge in [0.2, 0.25) is 5.91 Å². The van der Waals surface area contributed by atoms with E-state index in [2.05, 4.69) is 31.2 Å². The topological polar surface area (TPSA) is 148 Å². The van der Waals surface area contributed by atoms with Crippen molar-refractivity contribution in [1.82, 2.24) is 30.5 Å². The number of hydrogen-bond donors (Lipinski definition) is 3. The van der Waals surface area contributed by atoms with E-state index in [1.54, 1.807) is 6.07 Å². The van der Waals surface area contributed by atoms with E-state index in [1.807, 2.05) is 32.9 Å². The minimum Gasteiger partial charge on any atom is -0.444 e. The van der Waals surface area contributed by atoms with E-state index < -0.39 is 17.6 Å². The largest absolute Gasteiger partial charge is 0.444 e. The quantitative estimate of drug-likeness (QED) is 0.252. The molecule has 4 rings (SSSR count). The van der Waals surface area contributed by atoms with E-state index in [1.165, 1.54) is 19.3 Å². The molecule has 3 N–H and O–H groups in total. The van der Waals surface area contributed by atoms with Crippen LogP contribution in [0.3, 0.4) is 0 Å². The molecule has 0 radical (unpaired) electrons. The summed E-state index contributed by atoms with van der Waals surface area (Å²) < 4.78 is 6.46. The molecule has 3 amide bonds. The van der Waals surface area contributed by atoms with E-state index in [-0.39, 0.29) is 36.4 Å².